The van der Waals surface area contributed by atoms with Crippen molar-refractivity contribution in [2.75, 3.05) is 6.54 Å². The highest BCUT2D eigenvalue weighted by molar-refractivity contribution is 7.10. The molecule has 22 heavy (non-hydrogen) atoms. The van der Waals surface area contributed by atoms with E-state index in [4.69, 9.17) is 0 Å². The summed E-state index contributed by atoms with van der Waals surface area (Å²) in [6, 6.07) is 2.58. The van der Waals surface area contributed by atoms with Crippen LogP contribution in [0.1, 0.15) is 43.5 Å². The number of hydrogen-bond acceptors (Lipinski definition) is 4. The number of piperidine rings is 1. The quantitative estimate of drug-likeness (QED) is 0.864. The third-order valence-corrected chi connectivity index (χ3v) is 4.74. The normalized spacial score (nSPS) is 19.5. The van der Waals surface area contributed by atoms with Crippen molar-refractivity contribution in [2.24, 2.45) is 0 Å². The van der Waals surface area contributed by atoms with Crippen LogP contribution in [0.3, 0.4) is 0 Å². The number of aliphatic carboxylic acids is 1. The molecule has 0 radical (unpaired) electrons. The zero-order valence-electron chi connectivity index (χ0n) is 12.4. The Bertz CT molecular complexity index is 544. The maximum Gasteiger partial charge on any atom is 0.326 e. The molecule has 1 aromatic heterocycles. The van der Waals surface area contributed by atoms with Gasteiger partial charge in [-0.05, 0) is 30.7 Å². The van der Waals surface area contributed by atoms with E-state index in [1.165, 1.54) is 23.2 Å². The van der Waals surface area contributed by atoms with Crippen LogP contribution < -0.4 is 5.32 Å². The monoisotopic (exact) mass is 324 g/mol. The van der Waals surface area contributed by atoms with Crippen LogP contribution in [-0.2, 0) is 14.4 Å². The third kappa shape index (κ3) is 4.07. The van der Waals surface area contributed by atoms with Gasteiger partial charge in [-0.15, -0.1) is 11.3 Å². The molecule has 1 unspecified atom stereocenters. The van der Waals surface area contributed by atoms with Gasteiger partial charge in [0, 0.05) is 18.3 Å². The number of amides is 2. The molecule has 1 aliphatic rings. The topological polar surface area (TPSA) is 86.7 Å². The van der Waals surface area contributed by atoms with Crippen molar-refractivity contribution in [3.63, 3.8) is 0 Å². The molecule has 0 spiro atoms. The van der Waals surface area contributed by atoms with Crippen LogP contribution in [-0.4, -0.2) is 40.4 Å². The van der Waals surface area contributed by atoms with E-state index in [1.807, 2.05) is 17.5 Å². The minimum atomic E-state index is -0.958. The average Bonchev–Trinajstić information content (AvgIpc) is 3.00. The van der Waals surface area contributed by atoms with Crippen molar-refractivity contribution in [3.05, 3.63) is 22.4 Å². The summed E-state index contributed by atoms with van der Waals surface area (Å²) < 4.78 is 0. The molecule has 2 rings (SSSR count). The summed E-state index contributed by atoms with van der Waals surface area (Å²) in [5.41, 5.74) is 0. The van der Waals surface area contributed by atoms with E-state index < -0.39 is 18.1 Å². The number of carbonyl (C=O) groups excluding carboxylic acids is 2. The largest absolute Gasteiger partial charge is 0.480 e. The van der Waals surface area contributed by atoms with E-state index in [2.05, 4.69) is 5.32 Å². The molecule has 7 heteroatoms. The Morgan fingerprint density at radius 2 is 2.23 bits per heavy atom. The maximum atomic E-state index is 12.5. The number of carboxylic acid groups (broad SMARTS) is 1. The van der Waals surface area contributed by atoms with Gasteiger partial charge in [-0.3, -0.25) is 9.59 Å². The minimum absolute atomic E-state index is 0.0872. The number of rotatable bonds is 5. The Labute approximate surface area is 133 Å². The molecule has 0 aliphatic carbocycles. The van der Waals surface area contributed by atoms with Crippen molar-refractivity contribution in [3.8, 4) is 0 Å². The first kappa shape index (κ1) is 16.5. The highest BCUT2D eigenvalue weighted by Crippen LogP contribution is 2.25. The Morgan fingerprint density at radius 3 is 2.82 bits per heavy atom. The molecular weight excluding hydrogens is 304 g/mol. The van der Waals surface area contributed by atoms with Crippen LogP contribution in [0.15, 0.2) is 17.5 Å². The molecule has 1 aromatic rings. The molecule has 0 aromatic carbocycles. The lowest BCUT2D eigenvalue weighted by atomic mass is 10.0. The van der Waals surface area contributed by atoms with Crippen molar-refractivity contribution in [1.29, 1.82) is 0 Å². The summed E-state index contributed by atoms with van der Waals surface area (Å²) >= 11 is 1.47. The fraction of sp³-hybridized carbons (Fsp3) is 0.533. The second kappa shape index (κ2) is 7.40. The second-order valence-electron chi connectivity index (χ2n) is 5.41. The predicted octanol–water partition coefficient (Wildman–Crippen LogP) is 1.78. The molecular formula is C15H20N2O4S. The summed E-state index contributed by atoms with van der Waals surface area (Å²) in [6.07, 6.45) is 2.22. The van der Waals surface area contributed by atoms with E-state index in [0.29, 0.717) is 13.0 Å². The standard InChI is InChI=1S/C15H20N2O4S/c1-10(18)16-11(13-6-4-8-22-13)9-14(19)17-7-3-2-5-12(17)15(20)21/h4,6,8,11-12H,2-3,5,7,9H2,1H3,(H,16,18)(H,20,21)/t11?,12-/m1/s1. The van der Waals surface area contributed by atoms with Gasteiger partial charge in [-0.2, -0.15) is 0 Å². The van der Waals surface area contributed by atoms with Crippen LogP contribution in [0.2, 0.25) is 0 Å². The summed E-state index contributed by atoms with van der Waals surface area (Å²) in [5, 5.41) is 13.9. The number of likely N-dealkylation sites (tertiary alicyclic amines) is 1. The summed E-state index contributed by atoms with van der Waals surface area (Å²) in [4.78, 5) is 37.5. The van der Waals surface area contributed by atoms with Crippen molar-refractivity contribution >= 4 is 29.1 Å². The lowest BCUT2D eigenvalue weighted by Gasteiger charge is -2.34. The van der Waals surface area contributed by atoms with Crippen LogP contribution in [0.25, 0.3) is 0 Å². The van der Waals surface area contributed by atoms with Crippen molar-refractivity contribution in [2.45, 2.75) is 44.7 Å². The zero-order chi connectivity index (χ0) is 16.1. The van der Waals surface area contributed by atoms with Gasteiger partial charge in [0.2, 0.25) is 11.8 Å². The van der Waals surface area contributed by atoms with Crippen LogP contribution in [0, 0.1) is 0 Å². The van der Waals surface area contributed by atoms with E-state index in [1.54, 1.807) is 0 Å². The minimum Gasteiger partial charge on any atom is -0.480 e. The zero-order valence-corrected chi connectivity index (χ0v) is 13.3. The van der Waals surface area contributed by atoms with Crippen LogP contribution in [0.5, 0.6) is 0 Å². The van der Waals surface area contributed by atoms with Crippen LogP contribution in [0.4, 0.5) is 0 Å². The lowest BCUT2D eigenvalue weighted by Crippen LogP contribution is -2.48. The molecule has 1 aliphatic heterocycles. The van der Waals surface area contributed by atoms with Crippen LogP contribution >= 0.6 is 11.3 Å². The molecule has 1 fully saturated rings. The van der Waals surface area contributed by atoms with Gasteiger partial charge >= 0.3 is 5.97 Å². The van der Waals surface area contributed by atoms with Crippen molar-refractivity contribution < 1.29 is 19.5 Å². The number of thiophene rings is 1. The number of nitrogens with zero attached hydrogens (tertiary/aromatic N) is 1. The number of carbonyl (C=O) groups is 3. The van der Waals surface area contributed by atoms with E-state index in [0.717, 1.165) is 17.7 Å². The molecule has 0 saturated carbocycles. The Morgan fingerprint density at radius 1 is 1.45 bits per heavy atom. The Hall–Kier alpha value is -1.89. The van der Waals surface area contributed by atoms with Gasteiger partial charge in [0.05, 0.1) is 12.5 Å². The van der Waals surface area contributed by atoms with Gasteiger partial charge in [0.25, 0.3) is 0 Å². The molecule has 2 N–H and O–H groups in total. The van der Waals surface area contributed by atoms with Gasteiger partial charge in [0.15, 0.2) is 0 Å². The molecule has 2 amide bonds. The number of hydrogen-bond donors (Lipinski definition) is 2. The number of nitrogens with one attached hydrogen (secondary N) is 1. The van der Waals surface area contributed by atoms with Crippen molar-refractivity contribution in [1.82, 2.24) is 10.2 Å². The Kier molecular flexibility index (Phi) is 5.54. The van der Waals surface area contributed by atoms with E-state index >= 15 is 0 Å². The Balaban J connectivity index is 2.09. The lowest BCUT2D eigenvalue weighted by molar-refractivity contribution is -0.152. The smallest absolute Gasteiger partial charge is 0.326 e. The molecule has 2 atom stereocenters. The first-order valence-corrected chi connectivity index (χ1v) is 8.19. The fourth-order valence-electron chi connectivity index (χ4n) is 2.74. The highest BCUT2D eigenvalue weighted by Gasteiger charge is 2.33. The average molecular weight is 324 g/mol. The third-order valence-electron chi connectivity index (χ3n) is 3.75. The van der Waals surface area contributed by atoms with E-state index in [-0.39, 0.29) is 18.2 Å². The molecule has 6 nitrogen and oxygen atoms in total. The summed E-state index contributed by atoms with van der Waals surface area (Å²) in [7, 11) is 0. The number of carboxylic acids is 1. The highest BCUT2D eigenvalue weighted by atomic mass is 32.1. The van der Waals surface area contributed by atoms with Gasteiger partial charge in [-0.25, -0.2) is 4.79 Å². The first-order chi connectivity index (χ1) is 10.5. The molecule has 1 saturated heterocycles. The first-order valence-electron chi connectivity index (χ1n) is 7.32. The summed E-state index contributed by atoms with van der Waals surface area (Å²) in [6.45, 7) is 1.87. The molecule has 120 valence electrons. The van der Waals surface area contributed by atoms with Gasteiger partial charge in [0.1, 0.15) is 6.04 Å². The predicted molar refractivity (Wildman–Crippen MR) is 82.5 cm³/mol. The molecule has 0 bridgehead atoms. The SMILES string of the molecule is CC(=O)NC(CC(=O)N1CCCC[C@@H]1C(=O)O)c1cccs1. The fourth-order valence-corrected chi connectivity index (χ4v) is 3.51. The van der Waals surface area contributed by atoms with E-state index in [9.17, 15) is 19.5 Å². The van der Waals surface area contributed by atoms with Gasteiger partial charge in [-0.1, -0.05) is 6.07 Å². The second-order valence-corrected chi connectivity index (χ2v) is 6.39. The maximum absolute atomic E-state index is 12.5. The van der Waals surface area contributed by atoms with Gasteiger partial charge < -0.3 is 15.3 Å². The summed E-state index contributed by atoms with van der Waals surface area (Å²) in [5.74, 6) is -1.39. The molecule has 2 heterocycles.